The maximum Gasteiger partial charge on any atom is 0.410 e. The van der Waals surface area contributed by atoms with Crippen LogP contribution in [0.4, 0.5) is 4.79 Å². The van der Waals surface area contributed by atoms with E-state index in [1.54, 1.807) is 4.90 Å². The fourth-order valence-corrected chi connectivity index (χ4v) is 2.73. The Morgan fingerprint density at radius 3 is 2.62 bits per heavy atom. The number of likely N-dealkylation sites (tertiary alicyclic amines) is 1. The van der Waals surface area contributed by atoms with E-state index in [1.807, 2.05) is 27.7 Å². The number of rotatable bonds is 3. The van der Waals surface area contributed by atoms with Gasteiger partial charge >= 0.3 is 6.09 Å². The summed E-state index contributed by atoms with van der Waals surface area (Å²) in [5, 5.41) is 4.60. The number of carbonyl (C=O) groups excluding carboxylic acids is 1. The first-order valence-electron chi connectivity index (χ1n) is 7.84. The molecule has 21 heavy (non-hydrogen) atoms. The lowest BCUT2D eigenvalue weighted by molar-refractivity contribution is 0.00747. The van der Waals surface area contributed by atoms with E-state index in [-0.39, 0.29) is 6.09 Å². The fraction of sp³-hybridized carbons (Fsp3) is 0.750. The number of ether oxygens (including phenoxy) is 1. The van der Waals surface area contributed by atoms with Gasteiger partial charge in [-0.1, -0.05) is 0 Å². The molecule has 1 aliphatic heterocycles. The Kier molecular flexibility index (Phi) is 3.46. The van der Waals surface area contributed by atoms with Crippen molar-refractivity contribution < 1.29 is 9.53 Å². The molecule has 0 radical (unpaired) electrons. The summed E-state index contributed by atoms with van der Waals surface area (Å²) in [4.78, 5) is 13.8. The summed E-state index contributed by atoms with van der Waals surface area (Å²) in [5.74, 6) is 1.21. The molecule has 2 fully saturated rings. The van der Waals surface area contributed by atoms with Gasteiger partial charge in [0.15, 0.2) is 0 Å². The average molecular weight is 291 g/mol. The minimum absolute atomic E-state index is 0.205. The predicted octanol–water partition coefficient (Wildman–Crippen LogP) is 2.94. The number of nitrogens with zero attached hydrogens (tertiary/aromatic N) is 3. The van der Waals surface area contributed by atoms with E-state index in [0.717, 1.165) is 31.2 Å². The molecule has 1 aromatic rings. The zero-order valence-corrected chi connectivity index (χ0v) is 13.4. The van der Waals surface area contributed by atoms with Crippen LogP contribution in [0.3, 0.4) is 0 Å². The normalized spacial score (nSPS) is 19.5. The van der Waals surface area contributed by atoms with Crippen LogP contribution in [-0.4, -0.2) is 39.5 Å². The van der Waals surface area contributed by atoms with Gasteiger partial charge in [-0.3, -0.25) is 4.68 Å². The molecule has 1 amide bonds. The van der Waals surface area contributed by atoms with Crippen LogP contribution < -0.4 is 0 Å². The van der Waals surface area contributed by atoms with E-state index in [4.69, 9.17) is 4.74 Å². The van der Waals surface area contributed by atoms with E-state index >= 15 is 0 Å². The van der Waals surface area contributed by atoms with Gasteiger partial charge < -0.3 is 9.64 Å². The number of amides is 1. The molecule has 0 aromatic carbocycles. The topological polar surface area (TPSA) is 47.4 Å². The second kappa shape index (κ2) is 5.04. The second-order valence-corrected chi connectivity index (χ2v) is 7.42. The molecule has 116 valence electrons. The highest BCUT2D eigenvalue weighted by atomic mass is 16.6. The van der Waals surface area contributed by atoms with Crippen LogP contribution in [-0.2, 0) is 11.3 Å². The highest BCUT2D eigenvalue weighted by Crippen LogP contribution is 2.34. The molecule has 1 saturated carbocycles. The first kappa shape index (κ1) is 14.4. The lowest BCUT2D eigenvalue weighted by Crippen LogP contribution is -2.50. The number of aryl methyl sites for hydroxylation is 1. The molecule has 0 spiro atoms. The molecule has 1 aromatic heterocycles. The highest BCUT2D eigenvalue weighted by molar-refractivity contribution is 5.69. The van der Waals surface area contributed by atoms with Crippen molar-refractivity contribution in [3.8, 4) is 0 Å². The summed E-state index contributed by atoms with van der Waals surface area (Å²) >= 11 is 0. The third-order valence-corrected chi connectivity index (χ3v) is 4.01. The molecule has 5 nitrogen and oxygen atoms in total. The van der Waals surface area contributed by atoms with E-state index in [9.17, 15) is 4.79 Å². The summed E-state index contributed by atoms with van der Waals surface area (Å²) in [5.41, 5.74) is 1.92. The monoisotopic (exact) mass is 291 g/mol. The minimum Gasteiger partial charge on any atom is -0.444 e. The van der Waals surface area contributed by atoms with E-state index in [0.29, 0.717) is 5.92 Å². The molecular weight excluding hydrogens is 266 g/mol. The van der Waals surface area contributed by atoms with Crippen LogP contribution in [0.5, 0.6) is 0 Å². The average Bonchev–Trinajstić information content (AvgIpc) is 2.99. The van der Waals surface area contributed by atoms with Crippen molar-refractivity contribution in [1.82, 2.24) is 14.7 Å². The van der Waals surface area contributed by atoms with Crippen molar-refractivity contribution in [2.75, 3.05) is 13.1 Å². The first-order chi connectivity index (χ1) is 9.82. The summed E-state index contributed by atoms with van der Waals surface area (Å²) in [6.07, 6.45) is 2.45. The molecule has 2 heterocycles. The predicted molar refractivity (Wildman–Crippen MR) is 80.2 cm³/mol. The number of carbonyl (C=O) groups is 1. The van der Waals surface area contributed by atoms with Crippen molar-refractivity contribution in [2.24, 2.45) is 5.92 Å². The second-order valence-electron chi connectivity index (χ2n) is 7.42. The Balaban J connectivity index is 1.59. The third kappa shape index (κ3) is 3.39. The molecule has 0 unspecified atom stereocenters. The van der Waals surface area contributed by atoms with Crippen LogP contribution in [0.15, 0.2) is 6.07 Å². The summed E-state index contributed by atoms with van der Waals surface area (Å²) < 4.78 is 7.56. The van der Waals surface area contributed by atoms with Crippen molar-refractivity contribution >= 4 is 6.09 Å². The largest absolute Gasteiger partial charge is 0.444 e. The third-order valence-electron chi connectivity index (χ3n) is 4.01. The summed E-state index contributed by atoms with van der Waals surface area (Å²) in [6, 6.07) is 2.17. The molecule has 0 bridgehead atoms. The zero-order chi connectivity index (χ0) is 15.2. The smallest absolute Gasteiger partial charge is 0.410 e. The van der Waals surface area contributed by atoms with Crippen LogP contribution in [0.2, 0.25) is 0 Å². The van der Waals surface area contributed by atoms with Crippen LogP contribution in [0, 0.1) is 12.8 Å². The zero-order valence-electron chi connectivity index (χ0n) is 13.4. The molecule has 0 atom stereocenters. The van der Waals surface area contributed by atoms with Gasteiger partial charge in [-0.05, 0) is 52.5 Å². The Morgan fingerprint density at radius 1 is 1.38 bits per heavy atom. The fourth-order valence-electron chi connectivity index (χ4n) is 2.73. The molecule has 5 heteroatoms. The van der Waals surface area contributed by atoms with E-state index in [1.165, 1.54) is 18.5 Å². The molecular formula is C16H25N3O2. The highest BCUT2D eigenvalue weighted by Gasteiger charge is 2.37. The number of hydrogen-bond donors (Lipinski definition) is 0. The van der Waals surface area contributed by atoms with Gasteiger partial charge in [0.25, 0.3) is 0 Å². The van der Waals surface area contributed by atoms with Crippen LogP contribution >= 0.6 is 0 Å². The van der Waals surface area contributed by atoms with E-state index in [2.05, 4.69) is 15.8 Å². The maximum atomic E-state index is 12.0. The Morgan fingerprint density at radius 2 is 2.05 bits per heavy atom. The number of aromatic nitrogens is 2. The van der Waals surface area contributed by atoms with Gasteiger partial charge in [0.2, 0.25) is 0 Å². The van der Waals surface area contributed by atoms with Crippen molar-refractivity contribution in [1.29, 1.82) is 0 Å². The molecule has 1 aliphatic carbocycles. The van der Waals surface area contributed by atoms with Crippen molar-refractivity contribution in [3.05, 3.63) is 17.5 Å². The van der Waals surface area contributed by atoms with Gasteiger partial charge in [-0.2, -0.15) is 5.10 Å². The van der Waals surface area contributed by atoms with Gasteiger partial charge in [0.05, 0.1) is 5.69 Å². The van der Waals surface area contributed by atoms with Gasteiger partial charge in [0.1, 0.15) is 5.60 Å². The minimum atomic E-state index is -0.424. The van der Waals surface area contributed by atoms with Gasteiger partial charge in [-0.25, -0.2) is 4.79 Å². The number of hydrogen-bond acceptors (Lipinski definition) is 3. The Hall–Kier alpha value is -1.52. The van der Waals surface area contributed by atoms with E-state index < -0.39 is 5.60 Å². The van der Waals surface area contributed by atoms with Gasteiger partial charge in [-0.15, -0.1) is 0 Å². The van der Waals surface area contributed by atoms with Crippen molar-refractivity contribution in [2.45, 2.75) is 58.6 Å². The lowest BCUT2D eigenvalue weighted by Gasteiger charge is -2.39. The Labute approximate surface area is 126 Å². The SMILES string of the molecule is Cc1cc(C2CN(C(=O)OC(C)(C)C)C2)n(CC2CC2)n1. The van der Waals surface area contributed by atoms with Crippen molar-refractivity contribution in [3.63, 3.8) is 0 Å². The molecule has 3 rings (SSSR count). The van der Waals surface area contributed by atoms with Gasteiger partial charge in [0, 0.05) is 31.2 Å². The summed E-state index contributed by atoms with van der Waals surface area (Å²) in [7, 11) is 0. The van der Waals surface area contributed by atoms with Crippen LogP contribution in [0.1, 0.15) is 50.9 Å². The van der Waals surface area contributed by atoms with Crippen LogP contribution in [0.25, 0.3) is 0 Å². The first-order valence-corrected chi connectivity index (χ1v) is 7.84. The summed E-state index contributed by atoms with van der Waals surface area (Å²) in [6.45, 7) is 10.3. The Bertz CT molecular complexity index is 534. The quantitative estimate of drug-likeness (QED) is 0.860. The lowest BCUT2D eigenvalue weighted by atomic mass is 9.96. The maximum absolute atomic E-state index is 12.0. The molecule has 0 N–H and O–H groups in total. The molecule has 1 saturated heterocycles. The molecule has 2 aliphatic rings. The standard InChI is InChI=1S/C16H25N3O2/c1-11-7-14(19(17-11)8-12-5-6-12)13-9-18(10-13)15(20)21-16(2,3)4/h7,12-13H,5-6,8-10H2,1-4H3.